The van der Waals surface area contributed by atoms with Gasteiger partial charge in [0.2, 0.25) is 5.91 Å². The number of amides is 1. The molecule has 0 heterocycles. The number of hydrogen-bond acceptors (Lipinski definition) is 3. The first-order valence-corrected chi connectivity index (χ1v) is 6.19. The Morgan fingerprint density at radius 1 is 1.39 bits per heavy atom. The Hall–Kier alpha value is -1.55. The monoisotopic (exact) mass is 250 g/mol. The smallest absolute Gasteiger partial charge is 0.239 e. The summed E-state index contributed by atoms with van der Waals surface area (Å²) in [4.78, 5) is 13.6. The Balaban J connectivity index is 2.63. The van der Waals surface area contributed by atoms with Gasteiger partial charge in [0.25, 0.3) is 0 Å². The van der Waals surface area contributed by atoms with Gasteiger partial charge in [0.1, 0.15) is 5.75 Å². The quantitative estimate of drug-likeness (QED) is 0.836. The lowest BCUT2D eigenvalue weighted by atomic mass is 10.0. The lowest BCUT2D eigenvalue weighted by molar-refractivity contribution is -0.132. The highest BCUT2D eigenvalue weighted by molar-refractivity contribution is 5.81. The van der Waals surface area contributed by atoms with Crippen LogP contribution in [0.15, 0.2) is 24.3 Å². The maximum Gasteiger partial charge on any atom is 0.239 e. The van der Waals surface area contributed by atoms with Crippen molar-refractivity contribution in [1.29, 1.82) is 0 Å². The minimum atomic E-state index is -0.471. The van der Waals surface area contributed by atoms with E-state index in [9.17, 15) is 9.90 Å². The van der Waals surface area contributed by atoms with Crippen molar-refractivity contribution in [3.63, 3.8) is 0 Å². The number of benzene rings is 1. The van der Waals surface area contributed by atoms with Crippen LogP contribution in [0.2, 0.25) is 0 Å². The van der Waals surface area contributed by atoms with Crippen molar-refractivity contribution >= 4 is 5.91 Å². The highest BCUT2D eigenvalue weighted by Crippen LogP contribution is 2.17. The molecule has 0 aliphatic heterocycles. The van der Waals surface area contributed by atoms with Crippen molar-refractivity contribution in [2.75, 3.05) is 7.05 Å². The molecule has 0 aliphatic carbocycles. The van der Waals surface area contributed by atoms with Gasteiger partial charge in [-0.15, -0.1) is 0 Å². The molecule has 0 saturated carbocycles. The molecule has 3 N–H and O–H groups in total. The van der Waals surface area contributed by atoms with E-state index in [2.05, 4.69) is 0 Å². The normalized spacial score (nSPS) is 12.5. The van der Waals surface area contributed by atoms with E-state index in [0.717, 1.165) is 5.56 Å². The maximum absolute atomic E-state index is 12.0. The molecular formula is C14H22N2O2. The van der Waals surface area contributed by atoms with E-state index in [1.54, 1.807) is 30.1 Å². The maximum atomic E-state index is 12.0. The van der Waals surface area contributed by atoms with Gasteiger partial charge in [0.15, 0.2) is 0 Å². The molecule has 0 aromatic heterocycles. The molecule has 1 atom stereocenters. The summed E-state index contributed by atoms with van der Waals surface area (Å²) in [6, 6.07) is 6.53. The molecule has 100 valence electrons. The van der Waals surface area contributed by atoms with Crippen LogP contribution >= 0.6 is 0 Å². The second kappa shape index (κ2) is 6.40. The summed E-state index contributed by atoms with van der Waals surface area (Å²) in [5.74, 6) is 0.504. The van der Waals surface area contributed by atoms with Crippen molar-refractivity contribution in [2.24, 2.45) is 11.7 Å². The van der Waals surface area contributed by atoms with Crippen molar-refractivity contribution in [3.8, 4) is 5.75 Å². The van der Waals surface area contributed by atoms with Crippen LogP contribution in [0.4, 0.5) is 0 Å². The first-order chi connectivity index (χ1) is 8.41. The van der Waals surface area contributed by atoms with E-state index in [0.29, 0.717) is 18.9 Å². The SMILES string of the molecule is CC(C)CC(N)C(=O)N(C)Cc1ccccc1O. The van der Waals surface area contributed by atoms with Crippen LogP contribution in [0.1, 0.15) is 25.8 Å². The highest BCUT2D eigenvalue weighted by Gasteiger charge is 2.19. The molecule has 1 aromatic rings. The van der Waals surface area contributed by atoms with E-state index in [4.69, 9.17) is 5.73 Å². The van der Waals surface area contributed by atoms with Crippen LogP contribution in [-0.4, -0.2) is 29.0 Å². The number of aromatic hydroxyl groups is 1. The van der Waals surface area contributed by atoms with Gasteiger partial charge in [-0.05, 0) is 18.4 Å². The molecule has 1 amide bonds. The number of nitrogens with two attached hydrogens (primary N) is 1. The second-order valence-electron chi connectivity index (χ2n) is 5.06. The third-order valence-electron chi connectivity index (χ3n) is 2.82. The Morgan fingerprint density at radius 2 is 2.00 bits per heavy atom. The van der Waals surface area contributed by atoms with Crippen molar-refractivity contribution in [1.82, 2.24) is 4.90 Å². The lowest BCUT2D eigenvalue weighted by Gasteiger charge is -2.22. The molecule has 4 heteroatoms. The average molecular weight is 250 g/mol. The molecule has 0 spiro atoms. The molecule has 18 heavy (non-hydrogen) atoms. The van der Waals surface area contributed by atoms with E-state index in [1.807, 2.05) is 19.9 Å². The molecular weight excluding hydrogens is 228 g/mol. The van der Waals surface area contributed by atoms with Crippen LogP contribution in [0.5, 0.6) is 5.75 Å². The zero-order valence-corrected chi connectivity index (χ0v) is 11.3. The molecule has 0 aliphatic rings. The topological polar surface area (TPSA) is 66.6 Å². The number of rotatable bonds is 5. The van der Waals surface area contributed by atoms with Gasteiger partial charge in [0, 0.05) is 19.2 Å². The van der Waals surface area contributed by atoms with E-state index in [-0.39, 0.29) is 11.7 Å². The summed E-state index contributed by atoms with van der Waals surface area (Å²) in [6.45, 7) is 4.45. The van der Waals surface area contributed by atoms with E-state index in [1.165, 1.54) is 0 Å². The van der Waals surface area contributed by atoms with Crippen LogP contribution in [0.3, 0.4) is 0 Å². The van der Waals surface area contributed by atoms with Crippen LogP contribution < -0.4 is 5.73 Å². The number of phenols is 1. The molecule has 0 radical (unpaired) electrons. The molecule has 1 rings (SSSR count). The standard InChI is InChI=1S/C14H22N2O2/c1-10(2)8-12(15)14(18)16(3)9-11-6-4-5-7-13(11)17/h4-7,10,12,17H,8-9,15H2,1-3H3. The number of phenolic OH excluding ortho intramolecular Hbond substituents is 1. The van der Waals surface area contributed by atoms with Crippen molar-refractivity contribution in [2.45, 2.75) is 32.9 Å². The Labute approximate surface area is 108 Å². The third kappa shape index (κ3) is 4.04. The first-order valence-electron chi connectivity index (χ1n) is 6.19. The zero-order valence-electron chi connectivity index (χ0n) is 11.3. The fraction of sp³-hybridized carbons (Fsp3) is 0.500. The Kier molecular flexibility index (Phi) is 5.16. The molecule has 1 unspecified atom stereocenters. The van der Waals surface area contributed by atoms with Crippen LogP contribution in [0, 0.1) is 5.92 Å². The summed E-state index contributed by atoms with van der Waals surface area (Å²) in [6.07, 6.45) is 0.671. The zero-order chi connectivity index (χ0) is 13.7. The van der Waals surface area contributed by atoms with E-state index >= 15 is 0 Å². The van der Waals surface area contributed by atoms with Gasteiger partial charge in [-0.2, -0.15) is 0 Å². The number of carbonyl (C=O) groups is 1. The van der Waals surface area contributed by atoms with Crippen LogP contribution in [0.25, 0.3) is 0 Å². The first kappa shape index (κ1) is 14.5. The number of carbonyl (C=O) groups excluding carboxylic acids is 1. The number of hydrogen-bond donors (Lipinski definition) is 2. The minimum Gasteiger partial charge on any atom is -0.508 e. The number of nitrogens with zero attached hydrogens (tertiary/aromatic N) is 1. The van der Waals surface area contributed by atoms with Crippen molar-refractivity contribution in [3.05, 3.63) is 29.8 Å². The van der Waals surface area contributed by atoms with Gasteiger partial charge in [0.05, 0.1) is 6.04 Å². The minimum absolute atomic E-state index is 0.0908. The predicted octanol–water partition coefficient (Wildman–Crippen LogP) is 1.72. The third-order valence-corrected chi connectivity index (χ3v) is 2.82. The lowest BCUT2D eigenvalue weighted by Crippen LogP contribution is -2.42. The summed E-state index contributed by atoms with van der Waals surface area (Å²) < 4.78 is 0. The summed E-state index contributed by atoms with van der Waals surface area (Å²) in [7, 11) is 1.70. The van der Waals surface area contributed by atoms with Gasteiger partial charge < -0.3 is 15.7 Å². The summed E-state index contributed by atoms with van der Waals surface area (Å²) in [5, 5.41) is 9.66. The summed E-state index contributed by atoms with van der Waals surface area (Å²) >= 11 is 0. The fourth-order valence-electron chi connectivity index (χ4n) is 1.87. The molecule has 0 fully saturated rings. The predicted molar refractivity (Wildman–Crippen MR) is 72.0 cm³/mol. The fourth-order valence-corrected chi connectivity index (χ4v) is 1.87. The summed E-state index contributed by atoms with van der Waals surface area (Å²) in [5.41, 5.74) is 6.58. The van der Waals surface area contributed by atoms with Crippen LogP contribution in [-0.2, 0) is 11.3 Å². The molecule has 0 saturated heterocycles. The van der Waals surface area contributed by atoms with Gasteiger partial charge in [-0.1, -0.05) is 32.0 Å². The van der Waals surface area contributed by atoms with E-state index < -0.39 is 6.04 Å². The number of para-hydroxylation sites is 1. The van der Waals surface area contributed by atoms with Gasteiger partial charge in [-0.3, -0.25) is 4.79 Å². The molecule has 1 aromatic carbocycles. The second-order valence-corrected chi connectivity index (χ2v) is 5.06. The molecule has 0 bridgehead atoms. The Bertz CT molecular complexity index is 405. The van der Waals surface area contributed by atoms with Gasteiger partial charge in [-0.25, -0.2) is 0 Å². The average Bonchev–Trinajstić information content (AvgIpc) is 2.30. The highest BCUT2D eigenvalue weighted by atomic mass is 16.3. The Morgan fingerprint density at radius 3 is 2.56 bits per heavy atom. The molecule has 4 nitrogen and oxygen atoms in total. The van der Waals surface area contributed by atoms with Crippen molar-refractivity contribution < 1.29 is 9.90 Å². The largest absolute Gasteiger partial charge is 0.508 e. The number of likely N-dealkylation sites (N-methyl/N-ethyl adjacent to an activating group) is 1. The van der Waals surface area contributed by atoms with Gasteiger partial charge >= 0.3 is 0 Å².